The first-order chi connectivity index (χ1) is 8.25. The second-order valence-electron chi connectivity index (χ2n) is 6.41. The lowest BCUT2D eigenvalue weighted by Crippen LogP contribution is -2.52. The Labute approximate surface area is 110 Å². The van der Waals surface area contributed by atoms with Crippen LogP contribution in [0.5, 0.6) is 0 Å². The van der Waals surface area contributed by atoms with Gasteiger partial charge in [-0.05, 0) is 11.3 Å². The Morgan fingerprint density at radius 1 is 1.39 bits per heavy atom. The van der Waals surface area contributed by atoms with Gasteiger partial charge in [-0.25, -0.2) is 0 Å². The molecule has 0 aliphatic carbocycles. The highest BCUT2D eigenvalue weighted by atomic mass is 16.2. The van der Waals surface area contributed by atoms with Crippen LogP contribution >= 0.6 is 0 Å². The van der Waals surface area contributed by atoms with E-state index in [4.69, 9.17) is 0 Å². The van der Waals surface area contributed by atoms with Crippen LogP contribution in [0.1, 0.15) is 47.5 Å². The Bertz CT molecular complexity index is 320. The average molecular weight is 254 g/mol. The fourth-order valence-electron chi connectivity index (χ4n) is 2.10. The van der Waals surface area contributed by atoms with Gasteiger partial charge in [0, 0.05) is 19.5 Å². The molecule has 4 heteroatoms. The lowest BCUT2D eigenvalue weighted by molar-refractivity contribution is -0.136. The highest BCUT2D eigenvalue weighted by molar-refractivity contribution is 5.90. The molecular formula is C14H26N2O2. The van der Waals surface area contributed by atoms with Crippen LogP contribution in [0.3, 0.4) is 0 Å². The molecule has 1 N–H and O–H groups in total. The van der Waals surface area contributed by atoms with Gasteiger partial charge in [-0.2, -0.15) is 0 Å². The summed E-state index contributed by atoms with van der Waals surface area (Å²) in [4.78, 5) is 26.0. The molecule has 2 amide bonds. The standard InChI is InChI=1S/C14H26N2O2/c1-6-10(2)9-16-8-7-11(17)15-12(13(16)18)14(3,4)5/h10,12H,6-9H2,1-5H3,(H,15,17). The molecule has 18 heavy (non-hydrogen) atoms. The van der Waals surface area contributed by atoms with Crippen molar-refractivity contribution in [1.82, 2.24) is 10.2 Å². The molecule has 0 radical (unpaired) electrons. The molecule has 0 spiro atoms. The summed E-state index contributed by atoms with van der Waals surface area (Å²) in [5.41, 5.74) is -0.245. The van der Waals surface area contributed by atoms with Crippen LogP contribution in [0, 0.1) is 11.3 Å². The van der Waals surface area contributed by atoms with E-state index in [1.807, 2.05) is 25.7 Å². The summed E-state index contributed by atoms with van der Waals surface area (Å²) in [6, 6.07) is -0.406. The quantitative estimate of drug-likeness (QED) is 0.835. The summed E-state index contributed by atoms with van der Waals surface area (Å²) in [6.45, 7) is 11.5. The number of nitrogens with one attached hydrogen (secondary N) is 1. The predicted octanol–water partition coefficient (Wildman–Crippen LogP) is 1.80. The lowest BCUT2D eigenvalue weighted by Gasteiger charge is -2.33. The van der Waals surface area contributed by atoms with Crippen LogP contribution in [0.4, 0.5) is 0 Å². The summed E-state index contributed by atoms with van der Waals surface area (Å²) in [5.74, 6) is 0.520. The Morgan fingerprint density at radius 3 is 2.50 bits per heavy atom. The van der Waals surface area contributed by atoms with Gasteiger partial charge in [0.05, 0.1) is 0 Å². The highest BCUT2D eigenvalue weighted by Gasteiger charge is 2.37. The van der Waals surface area contributed by atoms with Crippen molar-refractivity contribution >= 4 is 11.8 Å². The second kappa shape index (κ2) is 5.72. The molecular weight excluding hydrogens is 228 g/mol. The normalized spacial score (nSPS) is 23.6. The van der Waals surface area contributed by atoms with E-state index in [9.17, 15) is 9.59 Å². The third kappa shape index (κ3) is 3.72. The SMILES string of the molecule is CCC(C)CN1CCC(=O)NC(C(C)(C)C)C1=O. The van der Waals surface area contributed by atoms with E-state index >= 15 is 0 Å². The fourth-order valence-corrected chi connectivity index (χ4v) is 2.10. The Hall–Kier alpha value is -1.06. The van der Waals surface area contributed by atoms with Crippen LogP contribution in [-0.2, 0) is 9.59 Å². The molecule has 1 rings (SSSR count). The van der Waals surface area contributed by atoms with Crippen LogP contribution in [0.25, 0.3) is 0 Å². The van der Waals surface area contributed by atoms with Crippen molar-refractivity contribution in [3.05, 3.63) is 0 Å². The van der Waals surface area contributed by atoms with Crippen molar-refractivity contribution in [1.29, 1.82) is 0 Å². The molecule has 0 saturated carbocycles. The van der Waals surface area contributed by atoms with Gasteiger partial charge in [-0.1, -0.05) is 41.0 Å². The molecule has 1 aliphatic heterocycles. The minimum absolute atomic E-state index is 0.0186. The third-order valence-corrected chi connectivity index (χ3v) is 3.57. The monoisotopic (exact) mass is 254 g/mol. The number of hydrogen-bond donors (Lipinski definition) is 1. The van der Waals surface area contributed by atoms with E-state index in [1.54, 1.807) is 0 Å². The van der Waals surface area contributed by atoms with Gasteiger partial charge in [0.25, 0.3) is 0 Å². The van der Waals surface area contributed by atoms with E-state index < -0.39 is 6.04 Å². The maximum Gasteiger partial charge on any atom is 0.245 e. The Morgan fingerprint density at radius 2 is 2.00 bits per heavy atom. The minimum atomic E-state index is -0.406. The van der Waals surface area contributed by atoms with E-state index in [0.717, 1.165) is 13.0 Å². The van der Waals surface area contributed by atoms with Gasteiger partial charge < -0.3 is 10.2 Å². The van der Waals surface area contributed by atoms with Crippen LogP contribution < -0.4 is 5.32 Å². The first-order valence-corrected chi connectivity index (χ1v) is 6.83. The molecule has 0 aromatic carbocycles. The zero-order chi connectivity index (χ0) is 13.9. The summed E-state index contributed by atoms with van der Waals surface area (Å²) in [7, 11) is 0. The topological polar surface area (TPSA) is 49.4 Å². The Kier molecular flexibility index (Phi) is 4.77. The molecule has 1 aliphatic rings. The molecule has 0 bridgehead atoms. The molecule has 2 unspecified atom stereocenters. The van der Waals surface area contributed by atoms with Crippen molar-refractivity contribution in [2.45, 2.75) is 53.5 Å². The highest BCUT2D eigenvalue weighted by Crippen LogP contribution is 2.23. The number of rotatable bonds is 3. The third-order valence-electron chi connectivity index (χ3n) is 3.57. The van der Waals surface area contributed by atoms with Gasteiger partial charge in [0.2, 0.25) is 11.8 Å². The van der Waals surface area contributed by atoms with Gasteiger partial charge in [0.1, 0.15) is 6.04 Å². The molecule has 0 aromatic heterocycles. The van der Waals surface area contributed by atoms with Gasteiger partial charge in [-0.3, -0.25) is 9.59 Å². The smallest absolute Gasteiger partial charge is 0.245 e. The zero-order valence-corrected chi connectivity index (χ0v) is 12.2. The molecule has 1 fully saturated rings. The van der Waals surface area contributed by atoms with Crippen LogP contribution in [-0.4, -0.2) is 35.8 Å². The zero-order valence-electron chi connectivity index (χ0n) is 12.2. The molecule has 1 saturated heterocycles. The fraction of sp³-hybridized carbons (Fsp3) is 0.857. The maximum atomic E-state index is 12.5. The van der Waals surface area contributed by atoms with Crippen LogP contribution in [0.2, 0.25) is 0 Å². The number of amides is 2. The van der Waals surface area contributed by atoms with Crippen molar-refractivity contribution in [3.8, 4) is 0 Å². The largest absolute Gasteiger partial charge is 0.344 e. The van der Waals surface area contributed by atoms with Crippen molar-refractivity contribution in [2.24, 2.45) is 11.3 Å². The lowest BCUT2D eigenvalue weighted by atomic mass is 9.86. The summed E-state index contributed by atoms with van der Waals surface area (Å²) < 4.78 is 0. The van der Waals surface area contributed by atoms with E-state index in [2.05, 4.69) is 19.2 Å². The first-order valence-electron chi connectivity index (χ1n) is 6.83. The second-order valence-corrected chi connectivity index (χ2v) is 6.41. The van der Waals surface area contributed by atoms with Crippen molar-refractivity contribution in [2.75, 3.05) is 13.1 Å². The minimum Gasteiger partial charge on any atom is -0.344 e. The van der Waals surface area contributed by atoms with Crippen molar-refractivity contribution in [3.63, 3.8) is 0 Å². The van der Waals surface area contributed by atoms with E-state index in [0.29, 0.717) is 18.9 Å². The molecule has 0 aromatic rings. The van der Waals surface area contributed by atoms with E-state index in [-0.39, 0.29) is 17.2 Å². The first kappa shape index (κ1) is 15.0. The molecule has 1 heterocycles. The predicted molar refractivity (Wildman–Crippen MR) is 72.0 cm³/mol. The number of carbonyl (C=O) groups excluding carboxylic acids is 2. The van der Waals surface area contributed by atoms with Gasteiger partial charge in [0.15, 0.2) is 0 Å². The van der Waals surface area contributed by atoms with Gasteiger partial charge in [-0.15, -0.1) is 0 Å². The summed E-state index contributed by atoms with van der Waals surface area (Å²) >= 11 is 0. The van der Waals surface area contributed by atoms with E-state index in [1.165, 1.54) is 0 Å². The number of hydrogen-bond acceptors (Lipinski definition) is 2. The summed E-state index contributed by atoms with van der Waals surface area (Å²) in [5, 5.41) is 2.86. The molecule has 2 atom stereocenters. The molecule has 4 nitrogen and oxygen atoms in total. The maximum absolute atomic E-state index is 12.5. The Balaban J connectivity index is 2.86. The number of nitrogens with zero attached hydrogens (tertiary/aromatic N) is 1. The summed E-state index contributed by atoms with van der Waals surface area (Å²) in [6.07, 6.45) is 1.46. The van der Waals surface area contributed by atoms with Crippen LogP contribution in [0.15, 0.2) is 0 Å². The molecule has 104 valence electrons. The number of carbonyl (C=O) groups is 2. The van der Waals surface area contributed by atoms with Gasteiger partial charge >= 0.3 is 0 Å². The van der Waals surface area contributed by atoms with Crippen molar-refractivity contribution < 1.29 is 9.59 Å². The average Bonchev–Trinajstić information content (AvgIpc) is 2.41.